The van der Waals surface area contributed by atoms with Crippen molar-refractivity contribution in [1.29, 1.82) is 0 Å². The minimum atomic E-state index is -4.49. The number of halogens is 4. The molecule has 0 aliphatic carbocycles. The van der Waals surface area contributed by atoms with Crippen LogP contribution < -0.4 is 0 Å². The van der Waals surface area contributed by atoms with Crippen LogP contribution in [0.3, 0.4) is 0 Å². The molecule has 0 fully saturated rings. The van der Waals surface area contributed by atoms with E-state index in [1.165, 1.54) is 12.3 Å². The zero-order chi connectivity index (χ0) is 12.6. The van der Waals surface area contributed by atoms with Gasteiger partial charge < -0.3 is 0 Å². The first-order chi connectivity index (χ1) is 7.89. The van der Waals surface area contributed by atoms with E-state index in [-0.39, 0.29) is 10.3 Å². The van der Waals surface area contributed by atoms with E-state index in [4.69, 9.17) is 0 Å². The summed E-state index contributed by atoms with van der Waals surface area (Å²) in [6.45, 7) is 1.77. The van der Waals surface area contributed by atoms with Gasteiger partial charge in [0.05, 0.1) is 10.7 Å². The van der Waals surface area contributed by atoms with Gasteiger partial charge in [-0.3, -0.25) is 0 Å². The fourth-order valence-corrected chi connectivity index (χ4v) is 1.88. The molecule has 0 atom stereocenters. The summed E-state index contributed by atoms with van der Waals surface area (Å²) in [5.41, 5.74) is -0.0506. The molecule has 90 valence electrons. The smallest absolute Gasteiger partial charge is 0.237 e. The Hall–Kier alpha value is -1.37. The number of aromatic nitrogens is 3. The van der Waals surface area contributed by atoms with Gasteiger partial charge in [0.1, 0.15) is 0 Å². The molecule has 0 amide bonds. The first-order valence-corrected chi connectivity index (χ1v) is 5.42. The topological polar surface area (TPSA) is 30.7 Å². The minimum Gasteiger partial charge on any atom is -0.237 e. The van der Waals surface area contributed by atoms with E-state index < -0.39 is 11.9 Å². The number of rotatable bonds is 1. The normalized spacial score (nSPS) is 11.8. The van der Waals surface area contributed by atoms with Gasteiger partial charge in [-0.1, -0.05) is 0 Å². The fourth-order valence-electron chi connectivity index (χ4n) is 1.39. The molecule has 17 heavy (non-hydrogen) atoms. The summed E-state index contributed by atoms with van der Waals surface area (Å²) in [6, 6.07) is 3.24. The number of hydrogen-bond donors (Lipinski definition) is 0. The highest BCUT2D eigenvalue weighted by molar-refractivity contribution is 9.10. The molecule has 0 aromatic carbocycles. The molecule has 0 radical (unpaired) electrons. The van der Waals surface area contributed by atoms with E-state index in [2.05, 4.69) is 26.0 Å². The first-order valence-electron chi connectivity index (χ1n) is 4.63. The monoisotopic (exact) mass is 305 g/mol. The number of alkyl halides is 3. The van der Waals surface area contributed by atoms with Crippen molar-refractivity contribution in [2.45, 2.75) is 13.1 Å². The molecule has 7 heteroatoms. The molecule has 0 unspecified atom stereocenters. The van der Waals surface area contributed by atoms with Crippen LogP contribution in [0.1, 0.15) is 11.3 Å². The summed E-state index contributed by atoms with van der Waals surface area (Å²) in [5, 5.41) is 3.68. The highest BCUT2D eigenvalue weighted by Crippen LogP contribution is 2.35. The molecule has 2 aromatic heterocycles. The summed E-state index contributed by atoms with van der Waals surface area (Å²) in [6.07, 6.45) is -1.94. The van der Waals surface area contributed by atoms with Gasteiger partial charge in [-0.05, 0) is 40.5 Å². The second kappa shape index (κ2) is 4.14. The van der Waals surface area contributed by atoms with Gasteiger partial charge in [0.2, 0.25) is 0 Å². The lowest BCUT2D eigenvalue weighted by Crippen LogP contribution is -2.14. The lowest BCUT2D eigenvalue weighted by atomic mass is 10.3. The third kappa shape index (κ3) is 2.33. The van der Waals surface area contributed by atoms with Crippen molar-refractivity contribution >= 4 is 15.9 Å². The maximum absolute atomic E-state index is 12.8. The molecule has 3 nitrogen and oxygen atoms in total. The Labute approximate surface area is 103 Å². The van der Waals surface area contributed by atoms with E-state index in [0.29, 0.717) is 0 Å². The molecule has 0 spiro atoms. The number of aryl methyl sites for hydroxylation is 1. The van der Waals surface area contributed by atoms with E-state index in [1.807, 2.05) is 0 Å². The molecule has 0 bridgehead atoms. The molecule has 0 saturated heterocycles. The predicted octanol–water partition coefficient (Wildman–Crippen LogP) is 3.36. The highest BCUT2D eigenvalue weighted by atomic mass is 79.9. The lowest BCUT2D eigenvalue weighted by Gasteiger charge is -2.10. The molecule has 2 aromatic rings. The van der Waals surface area contributed by atoms with Crippen LogP contribution in [0.2, 0.25) is 0 Å². The summed E-state index contributed by atoms with van der Waals surface area (Å²) in [5.74, 6) is 0.142. The van der Waals surface area contributed by atoms with Gasteiger partial charge >= 0.3 is 6.18 Å². The van der Waals surface area contributed by atoms with Crippen LogP contribution in [0.5, 0.6) is 0 Å². The van der Waals surface area contributed by atoms with Gasteiger partial charge in [-0.2, -0.15) is 18.3 Å². The van der Waals surface area contributed by atoms with Gasteiger partial charge in [-0.25, -0.2) is 9.67 Å². The fraction of sp³-hybridized carbons (Fsp3) is 0.200. The molecule has 0 N–H and O–H groups in total. The SMILES string of the molecule is Cc1ccnc(-n2ncc(Br)c2C(F)(F)F)c1. The van der Waals surface area contributed by atoms with E-state index in [0.717, 1.165) is 16.4 Å². The standard InChI is InChI=1S/C10H7BrF3N3/c1-6-2-3-15-8(4-6)17-9(10(12,13)14)7(11)5-16-17/h2-5H,1H3. The number of hydrogen-bond acceptors (Lipinski definition) is 2. The molecule has 2 rings (SSSR count). The Bertz CT molecular complexity index is 548. The maximum Gasteiger partial charge on any atom is 0.434 e. The van der Waals surface area contributed by atoms with E-state index >= 15 is 0 Å². The third-order valence-corrected chi connectivity index (χ3v) is 2.69. The van der Waals surface area contributed by atoms with E-state index in [9.17, 15) is 13.2 Å². The molecule has 0 aliphatic heterocycles. The average Bonchev–Trinajstić information content (AvgIpc) is 2.59. The van der Waals surface area contributed by atoms with Gasteiger partial charge in [0, 0.05) is 6.20 Å². The van der Waals surface area contributed by atoms with Crippen molar-refractivity contribution in [3.05, 3.63) is 40.3 Å². The van der Waals surface area contributed by atoms with E-state index in [1.54, 1.807) is 13.0 Å². The second-order valence-corrected chi connectivity index (χ2v) is 4.30. The van der Waals surface area contributed by atoms with Crippen molar-refractivity contribution in [2.75, 3.05) is 0 Å². The van der Waals surface area contributed by atoms with Crippen LogP contribution >= 0.6 is 15.9 Å². The highest BCUT2D eigenvalue weighted by Gasteiger charge is 2.38. The maximum atomic E-state index is 12.8. The Morgan fingerprint density at radius 1 is 1.35 bits per heavy atom. The van der Waals surface area contributed by atoms with Crippen LogP contribution in [0.15, 0.2) is 29.0 Å². The van der Waals surface area contributed by atoms with Gasteiger partial charge in [0.15, 0.2) is 11.5 Å². The third-order valence-electron chi connectivity index (χ3n) is 2.11. The zero-order valence-corrected chi connectivity index (χ0v) is 10.2. The number of pyridine rings is 1. The summed E-state index contributed by atoms with van der Waals surface area (Å²) >= 11 is 2.84. The van der Waals surface area contributed by atoms with Crippen molar-refractivity contribution in [2.24, 2.45) is 0 Å². The molecular weight excluding hydrogens is 299 g/mol. The van der Waals surface area contributed by atoms with Crippen molar-refractivity contribution in [1.82, 2.24) is 14.8 Å². The Balaban J connectivity index is 2.61. The van der Waals surface area contributed by atoms with Crippen molar-refractivity contribution in [3.63, 3.8) is 0 Å². The lowest BCUT2D eigenvalue weighted by molar-refractivity contribution is -0.143. The van der Waals surface area contributed by atoms with Crippen LogP contribution in [-0.2, 0) is 6.18 Å². The largest absolute Gasteiger partial charge is 0.434 e. The van der Waals surface area contributed by atoms with Gasteiger partial charge in [0.25, 0.3) is 0 Å². The van der Waals surface area contributed by atoms with Gasteiger partial charge in [-0.15, -0.1) is 0 Å². The molecule has 2 heterocycles. The first kappa shape index (κ1) is 12.1. The summed E-state index contributed by atoms with van der Waals surface area (Å²) in [7, 11) is 0. The predicted molar refractivity (Wildman–Crippen MR) is 58.8 cm³/mol. The van der Waals surface area contributed by atoms with Crippen LogP contribution in [0, 0.1) is 6.92 Å². The summed E-state index contributed by atoms with van der Waals surface area (Å²) in [4.78, 5) is 3.88. The van der Waals surface area contributed by atoms with Crippen molar-refractivity contribution in [3.8, 4) is 5.82 Å². The molecular formula is C10H7BrF3N3. The minimum absolute atomic E-state index is 0.103. The number of nitrogens with zero attached hydrogens (tertiary/aromatic N) is 3. The average molecular weight is 306 g/mol. The zero-order valence-electron chi connectivity index (χ0n) is 8.66. The second-order valence-electron chi connectivity index (χ2n) is 3.44. The molecule has 0 saturated carbocycles. The Kier molecular flexibility index (Phi) is 2.94. The van der Waals surface area contributed by atoms with Crippen LogP contribution in [0.4, 0.5) is 13.2 Å². The van der Waals surface area contributed by atoms with Crippen LogP contribution in [-0.4, -0.2) is 14.8 Å². The van der Waals surface area contributed by atoms with Crippen molar-refractivity contribution < 1.29 is 13.2 Å². The molecule has 0 aliphatic rings. The Morgan fingerprint density at radius 3 is 2.65 bits per heavy atom. The quantitative estimate of drug-likeness (QED) is 0.809. The van der Waals surface area contributed by atoms with Crippen LogP contribution in [0.25, 0.3) is 5.82 Å². The Morgan fingerprint density at radius 2 is 2.06 bits per heavy atom. The summed E-state index contributed by atoms with van der Waals surface area (Å²) < 4.78 is 39.1.